The monoisotopic (exact) mass is 400 g/mol. The highest BCUT2D eigenvalue weighted by molar-refractivity contribution is 6.04. The molecule has 0 aliphatic carbocycles. The van der Waals surface area contributed by atoms with Gasteiger partial charge in [-0.05, 0) is 71.5 Å². The SMILES string of the molecule is Cc1cccc2c(-c3ccc(N(c4ccccc4)c4ccccc4)cc3)ccc(N)c12. The van der Waals surface area contributed by atoms with E-state index in [1.54, 1.807) is 0 Å². The molecule has 5 aromatic rings. The fraction of sp³-hybridized carbons (Fsp3) is 0.0345. The maximum absolute atomic E-state index is 6.29. The maximum Gasteiger partial charge on any atom is 0.0462 e. The average Bonchev–Trinajstić information content (AvgIpc) is 2.82. The quantitative estimate of drug-likeness (QED) is 0.311. The summed E-state index contributed by atoms with van der Waals surface area (Å²) in [6.45, 7) is 2.11. The number of benzene rings is 5. The number of rotatable bonds is 4. The second-order valence-corrected chi connectivity index (χ2v) is 7.75. The lowest BCUT2D eigenvalue weighted by molar-refractivity contribution is 1.28. The Balaban J connectivity index is 1.61. The molecule has 2 nitrogen and oxygen atoms in total. The molecule has 0 amide bonds. The van der Waals surface area contributed by atoms with Crippen LogP contribution in [-0.2, 0) is 0 Å². The van der Waals surface area contributed by atoms with Crippen LogP contribution in [0.4, 0.5) is 22.7 Å². The molecule has 0 fully saturated rings. The van der Waals surface area contributed by atoms with E-state index >= 15 is 0 Å². The van der Waals surface area contributed by atoms with E-state index in [1.165, 1.54) is 22.1 Å². The van der Waals surface area contributed by atoms with Gasteiger partial charge in [-0.3, -0.25) is 0 Å². The number of nitrogen functional groups attached to an aromatic ring is 1. The van der Waals surface area contributed by atoms with Gasteiger partial charge in [-0.25, -0.2) is 0 Å². The van der Waals surface area contributed by atoms with E-state index in [2.05, 4.69) is 109 Å². The second kappa shape index (κ2) is 8.00. The topological polar surface area (TPSA) is 29.3 Å². The van der Waals surface area contributed by atoms with Gasteiger partial charge in [0.15, 0.2) is 0 Å². The molecular weight excluding hydrogens is 376 g/mol. The van der Waals surface area contributed by atoms with E-state index in [0.29, 0.717) is 0 Å². The molecule has 0 radical (unpaired) electrons. The zero-order valence-electron chi connectivity index (χ0n) is 17.5. The third-order valence-electron chi connectivity index (χ3n) is 5.75. The lowest BCUT2D eigenvalue weighted by Crippen LogP contribution is -2.09. The number of hydrogen-bond donors (Lipinski definition) is 1. The number of nitrogens with zero attached hydrogens (tertiary/aromatic N) is 1. The van der Waals surface area contributed by atoms with Gasteiger partial charge in [0.1, 0.15) is 0 Å². The molecule has 0 saturated carbocycles. The van der Waals surface area contributed by atoms with Crippen molar-refractivity contribution in [3.8, 4) is 11.1 Å². The van der Waals surface area contributed by atoms with Crippen molar-refractivity contribution < 1.29 is 0 Å². The summed E-state index contributed by atoms with van der Waals surface area (Å²) in [6.07, 6.45) is 0. The van der Waals surface area contributed by atoms with Crippen LogP contribution in [0, 0.1) is 6.92 Å². The zero-order valence-corrected chi connectivity index (χ0v) is 17.5. The van der Waals surface area contributed by atoms with Gasteiger partial charge in [-0.1, -0.05) is 72.8 Å². The summed E-state index contributed by atoms with van der Waals surface area (Å²) >= 11 is 0. The van der Waals surface area contributed by atoms with Gasteiger partial charge in [-0.15, -0.1) is 0 Å². The Morgan fingerprint density at radius 2 is 1.13 bits per heavy atom. The first-order chi connectivity index (χ1) is 15.2. The molecule has 5 rings (SSSR count). The van der Waals surface area contributed by atoms with Crippen LogP contribution in [-0.4, -0.2) is 0 Å². The van der Waals surface area contributed by atoms with Gasteiger partial charge >= 0.3 is 0 Å². The van der Waals surface area contributed by atoms with Crippen LogP contribution in [0.25, 0.3) is 21.9 Å². The van der Waals surface area contributed by atoms with Gasteiger partial charge in [0.2, 0.25) is 0 Å². The van der Waals surface area contributed by atoms with Crippen molar-refractivity contribution in [2.75, 3.05) is 10.6 Å². The Kier molecular flexibility index (Phi) is 4.89. The van der Waals surface area contributed by atoms with Crippen molar-refractivity contribution in [1.82, 2.24) is 0 Å². The van der Waals surface area contributed by atoms with Crippen LogP contribution < -0.4 is 10.6 Å². The molecule has 2 N–H and O–H groups in total. The van der Waals surface area contributed by atoms with Crippen molar-refractivity contribution in [2.45, 2.75) is 6.92 Å². The summed E-state index contributed by atoms with van der Waals surface area (Å²) in [5, 5.41) is 2.33. The first-order valence-corrected chi connectivity index (χ1v) is 10.5. The van der Waals surface area contributed by atoms with E-state index < -0.39 is 0 Å². The lowest BCUT2D eigenvalue weighted by Gasteiger charge is -2.25. The molecule has 0 aromatic heterocycles. The molecule has 0 heterocycles. The van der Waals surface area contributed by atoms with E-state index in [-0.39, 0.29) is 0 Å². The number of nitrogens with two attached hydrogens (primary N) is 1. The summed E-state index contributed by atoms with van der Waals surface area (Å²) in [7, 11) is 0. The second-order valence-electron chi connectivity index (χ2n) is 7.75. The molecule has 150 valence electrons. The molecule has 0 spiro atoms. The fourth-order valence-electron chi connectivity index (χ4n) is 4.26. The van der Waals surface area contributed by atoms with Crippen molar-refractivity contribution in [2.24, 2.45) is 0 Å². The summed E-state index contributed by atoms with van der Waals surface area (Å²) in [5.41, 5.74) is 14.1. The van der Waals surface area contributed by atoms with Crippen LogP contribution in [0.1, 0.15) is 5.56 Å². The third kappa shape index (κ3) is 3.53. The predicted octanol–water partition coefficient (Wildman–Crippen LogP) is 7.87. The van der Waals surface area contributed by atoms with E-state index in [0.717, 1.165) is 28.1 Å². The lowest BCUT2D eigenvalue weighted by atomic mass is 9.94. The first-order valence-electron chi connectivity index (χ1n) is 10.5. The Hall–Kier alpha value is -4.04. The summed E-state index contributed by atoms with van der Waals surface area (Å²) in [4.78, 5) is 2.27. The zero-order chi connectivity index (χ0) is 21.2. The van der Waals surface area contributed by atoms with Gasteiger partial charge in [0.05, 0.1) is 0 Å². The van der Waals surface area contributed by atoms with Crippen molar-refractivity contribution in [3.63, 3.8) is 0 Å². The van der Waals surface area contributed by atoms with Gasteiger partial charge in [0.25, 0.3) is 0 Å². The normalized spacial score (nSPS) is 10.9. The van der Waals surface area contributed by atoms with Crippen molar-refractivity contribution in [1.29, 1.82) is 0 Å². The molecule has 0 aliphatic heterocycles. The number of fused-ring (bicyclic) bond motifs is 1. The third-order valence-corrected chi connectivity index (χ3v) is 5.75. The minimum absolute atomic E-state index is 0.827. The van der Waals surface area contributed by atoms with E-state index in [1.807, 2.05) is 18.2 Å². The number of para-hydroxylation sites is 2. The summed E-state index contributed by atoms with van der Waals surface area (Å²) < 4.78 is 0. The van der Waals surface area contributed by atoms with Gasteiger partial charge < -0.3 is 10.6 Å². The van der Waals surface area contributed by atoms with Crippen molar-refractivity contribution in [3.05, 3.63) is 121 Å². The average molecular weight is 401 g/mol. The van der Waals surface area contributed by atoms with Crippen LogP contribution in [0.5, 0.6) is 0 Å². The Morgan fingerprint density at radius 3 is 1.74 bits per heavy atom. The number of aryl methyl sites for hydroxylation is 1. The van der Waals surface area contributed by atoms with Crippen LogP contribution in [0.3, 0.4) is 0 Å². The molecular formula is C29H24N2. The van der Waals surface area contributed by atoms with Crippen LogP contribution in [0.2, 0.25) is 0 Å². The molecule has 31 heavy (non-hydrogen) atoms. The summed E-state index contributed by atoms with van der Waals surface area (Å²) in [6, 6.07) is 40.2. The molecule has 5 aromatic carbocycles. The molecule has 0 aliphatic rings. The maximum atomic E-state index is 6.29. The molecule has 0 atom stereocenters. The van der Waals surface area contributed by atoms with E-state index in [4.69, 9.17) is 5.73 Å². The highest BCUT2D eigenvalue weighted by Crippen LogP contribution is 2.37. The Labute approximate surface area is 183 Å². The molecule has 0 saturated heterocycles. The highest BCUT2D eigenvalue weighted by atomic mass is 15.1. The minimum atomic E-state index is 0.827. The van der Waals surface area contributed by atoms with Gasteiger partial charge in [-0.2, -0.15) is 0 Å². The standard InChI is InChI=1S/C29H24N2/c1-21-9-8-14-27-26(19-20-28(30)29(21)27)22-15-17-25(18-16-22)31(23-10-4-2-5-11-23)24-12-6-3-7-13-24/h2-20H,30H2,1H3. The van der Waals surface area contributed by atoms with Crippen molar-refractivity contribution >= 4 is 33.5 Å². The largest absolute Gasteiger partial charge is 0.398 e. The smallest absolute Gasteiger partial charge is 0.0462 e. The first kappa shape index (κ1) is 19.0. The summed E-state index contributed by atoms with van der Waals surface area (Å²) in [5.74, 6) is 0. The highest BCUT2D eigenvalue weighted by Gasteiger charge is 2.13. The Bertz CT molecular complexity index is 1280. The van der Waals surface area contributed by atoms with E-state index in [9.17, 15) is 0 Å². The minimum Gasteiger partial charge on any atom is -0.398 e. The molecule has 0 bridgehead atoms. The fourth-order valence-corrected chi connectivity index (χ4v) is 4.26. The predicted molar refractivity (Wildman–Crippen MR) is 133 cm³/mol. The van der Waals surface area contributed by atoms with Gasteiger partial charge in [0, 0.05) is 28.1 Å². The molecule has 0 unspecified atom stereocenters. The number of hydrogen-bond acceptors (Lipinski definition) is 2. The van der Waals surface area contributed by atoms with Crippen LogP contribution >= 0.6 is 0 Å². The number of anilines is 4. The Morgan fingerprint density at radius 1 is 0.548 bits per heavy atom. The molecule has 2 heteroatoms. The van der Waals surface area contributed by atoms with Crippen LogP contribution in [0.15, 0.2) is 115 Å².